The summed E-state index contributed by atoms with van der Waals surface area (Å²) in [6.45, 7) is 1.54. The van der Waals surface area contributed by atoms with Gasteiger partial charge in [0.2, 0.25) is 5.91 Å². The Morgan fingerprint density at radius 2 is 1.90 bits per heavy atom. The first-order valence-corrected chi connectivity index (χ1v) is 7.67. The minimum atomic E-state index is -0.739. The van der Waals surface area contributed by atoms with E-state index in [1.54, 1.807) is 16.7 Å². The lowest BCUT2D eigenvalue weighted by molar-refractivity contribution is -0.121. The quantitative estimate of drug-likeness (QED) is 0.506. The number of amides is 1. The maximum Gasteiger partial charge on any atom is 0.234 e. The smallest absolute Gasteiger partial charge is 0.234 e. The van der Waals surface area contributed by atoms with E-state index in [9.17, 15) is 15.0 Å². The van der Waals surface area contributed by atoms with Crippen molar-refractivity contribution in [3.05, 3.63) is 30.3 Å². The van der Waals surface area contributed by atoms with Crippen molar-refractivity contribution in [1.29, 1.82) is 0 Å². The fourth-order valence-electron chi connectivity index (χ4n) is 2.11. The molecule has 0 radical (unpaired) electrons. The van der Waals surface area contributed by atoms with E-state index < -0.39 is 12.2 Å². The molecule has 110 valence electrons. The molecule has 20 heavy (non-hydrogen) atoms. The maximum absolute atomic E-state index is 11.7. The fourth-order valence-corrected chi connectivity index (χ4v) is 2.90. The first-order chi connectivity index (χ1) is 9.65. The molecule has 1 aliphatic rings. The average molecular weight is 296 g/mol. The third-order valence-electron chi connectivity index (χ3n) is 3.14. The van der Waals surface area contributed by atoms with Crippen LogP contribution >= 0.6 is 11.8 Å². The van der Waals surface area contributed by atoms with E-state index in [4.69, 9.17) is 0 Å². The molecule has 0 spiro atoms. The highest BCUT2D eigenvalue weighted by Crippen LogP contribution is 2.15. The van der Waals surface area contributed by atoms with Crippen molar-refractivity contribution in [3.8, 4) is 0 Å². The molecule has 2 rings (SSSR count). The van der Waals surface area contributed by atoms with Gasteiger partial charge in [-0.2, -0.15) is 0 Å². The van der Waals surface area contributed by atoms with Crippen LogP contribution in [0.3, 0.4) is 0 Å². The molecule has 1 aromatic carbocycles. The number of thioether (sulfide) groups is 1. The van der Waals surface area contributed by atoms with Crippen LogP contribution in [0.4, 0.5) is 0 Å². The molecule has 0 bridgehead atoms. The summed E-state index contributed by atoms with van der Waals surface area (Å²) in [5.74, 6) is 0.751. The second-order valence-electron chi connectivity index (χ2n) is 4.84. The van der Waals surface area contributed by atoms with E-state index in [0.717, 1.165) is 5.75 Å². The first kappa shape index (κ1) is 15.3. The van der Waals surface area contributed by atoms with E-state index in [1.165, 1.54) is 4.90 Å². The van der Waals surface area contributed by atoms with Gasteiger partial charge in [0, 0.05) is 30.3 Å². The Labute approximate surface area is 123 Å². The molecule has 0 saturated carbocycles. The summed E-state index contributed by atoms with van der Waals surface area (Å²) in [7, 11) is 0. The van der Waals surface area contributed by atoms with Gasteiger partial charge in [0.05, 0.1) is 18.8 Å². The second-order valence-corrected chi connectivity index (χ2v) is 6.01. The SMILES string of the molecule is O=C(CN1C[C@@H](O)[C@@H](O)C1)NCCSc1ccccc1. The lowest BCUT2D eigenvalue weighted by Gasteiger charge is -2.14. The Kier molecular flexibility index (Phi) is 5.85. The predicted molar refractivity (Wildman–Crippen MR) is 78.6 cm³/mol. The van der Waals surface area contributed by atoms with Gasteiger partial charge in [-0.1, -0.05) is 18.2 Å². The van der Waals surface area contributed by atoms with Crippen molar-refractivity contribution in [2.75, 3.05) is 31.9 Å². The summed E-state index contributed by atoms with van der Waals surface area (Å²) < 4.78 is 0. The third kappa shape index (κ3) is 4.79. The number of nitrogens with zero attached hydrogens (tertiary/aromatic N) is 1. The number of β-amino-alcohol motifs (C(OH)–C–C–N with tert-alkyl or cyclic N) is 2. The van der Waals surface area contributed by atoms with Crippen molar-refractivity contribution in [2.24, 2.45) is 0 Å². The van der Waals surface area contributed by atoms with E-state index in [0.29, 0.717) is 19.6 Å². The Balaban J connectivity index is 1.59. The highest BCUT2D eigenvalue weighted by molar-refractivity contribution is 7.99. The molecule has 0 aromatic heterocycles. The van der Waals surface area contributed by atoms with E-state index in [1.807, 2.05) is 30.3 Å². The van der Waals surface area contributed by atoms with Gasteiger partial charge in [-0.3, -0.25) is 9.69 Å². The van der Waals surface area contributed by atoms with Gasteiger partial charge >= 0.3 is 0 Å². The van der Waals surface area contributed by atoms with Crippen LogP contribution in [0.5, 0.6) is 0 Å². The van der Waals surface area contributed by atoms with Gasteiger partial charge in [-0.15, -0.1) is 11.8 Å². The number of nitrogens with one attached hydrogen (secondary N) is 1. The predicted octanol–water partition coefficient (Wildman–Crippen LogP) is -0.0677. The summed E-state index contributed by atoms with van der Waals surface area (Å²) in [5.41, 5.74) is 0. The molecule has 1 heterocycles. The summed E-state index contributed by atoms with van der Waals surface area (Å²) in [6.07, 6.45) is -1.48. The number of hydrogen-bond donors (Lipinski definition) is 3. The van der Waals surface area contributed by atoms with Crippen LogP contribution in [-0.2, 0) is 4.79 Å². The summed E-state index contributed by atoms with van der Waals surface area (Å²) in [6, 6.07) is 10.0. The standard InChI is InChI=1S/C14H20N2O3S/c17-12-8-16(9-13(12)18)10-14(19)15-6-7-20-11-4-2-1-3-5-11/h1-5,12-13,17-18H,6-10H2,(H,15,19)/t12-,13+. The number of carbonyl (C=O) groups is 1. The summed E-state index contributed by atoms with van der Waals surface area (Å²) in [4.78, 5) is 14.6. The zero-order chi connectivity index (χ0) is 14.4. The number of rotatable bonds is 6. The summed E-state index contributed by atoms with van der Waals surface area (Å²) in [5, 5.41) is 21.6. The highest BCUT2D eigenvalue weighted by atomic mass is 32.2. The number of aliphatic hydroxyl groups is 2. The van der Waals surface area contributed by atoms with Crippen LogP contribution < -0.4 is 5.32 Å². The van der Waals surface area contributed by atoms with Gasteiger partial charge in [0.1, 0.15) is 0 Å². The van der Waals surface area contributed by atoms with E-state index in [2.05, 4.69) is 5.32 Å². The highest BCUT2D eigenvalue weighted by Gasteiger charge is 2.30. The molecular weight excluding hydrogens is 276 g/mol. The van der Waals surface area contributed by atoms with Crippen LogP contribution in [0.2, 0.25) is 0 Å². The lowest BCUT2D eigenvalue weighted by Crippen LogP contribution is -2.37. The molecule has 0 aliphatic carbocycles. The number of benzene rings is 1. The molecule has 3 N–H and O–H groups in total. The topological polar surface area (TPSA) is 72.8 Å². The lowest BCUT2D eigenvalue weighted by atomic mass is 10.3. The monoisotopic (exact) mass is 296 g/mol. The number of aliphatic hydroxyl groups excluding tert-OH is 2. The zero-order valence-corrected chi connectivity index (χ0v) is 12.1. The molecule has 5 nitrogen and oxygen atoms in total. The molecule has 0 unspecified atom stereocenters. The molecule has 2 atom stereocenters. The summed E-state index contributed by atoms with van der Waals surface area (Å²) >= 11 is 1.70. The normalized spacial score (nSPS) is 22.9. The van der Waals surface area contributed by atoms with Crippen molar-refractivity contribution in [1.82, 2.24) is 10.2 Å². The number of likely N-dealkylation sites (tertiary alicyclic amines) is 1. The zero-order valence-electron chi connectivity index (χ0n) is 11.2. The van der Waals surface area contributed by atoms with Crippen molar-refractivity contribution >= 4 is 17.7 Å². The van der Waals surface area contributed by atoms with Crippen molar-refractivity contribution < 1.29 is 15.0 Å². The molecule has 1 saturated heterocycles. The van der Waals surface area contributed by atoms with Gasteiger partial charge in [-0.25, -0.2) is 0 Å². The van der Waals surface area contributed by atoms with Gasteiger partial charge in [0.25, 0.3) is 0 Å². The van der Waals surface area contributed by atoms with E-state index >= 15 is 0 Å². The first-order valence-electron chi connectivity index (χ1n) is 6.68. The van der Waals surface area contributed by atoms with Gasteiger partial charge in [-0.05, 0) is 12.1 Å². The minimum absolute atomic E-state index is 0.0695. The molecule has 1 aliphatic heterocycles. The fraction of sp³-hybridized carbons (Fsp3) is 0.500. The van der Waals surface area contributed by atoms with Gasteiger partial charge < -0.3 is 15.5 Å². The van der Waals surface area contributed by atoms with Gasteiger partial charge in [0.15, 0.2) is 0 Å². The van der Waals surface area contributed by atoms with Crippen LogP contribution in [0.1, 0.15) is 0 Å². The molecular formula is C14H20N2O3S. The molecule has 1 aromatic rings. The Morgan fingerprint density at radius 1 is 1.25 bits per heavy atom. The minimum Gasteiger partial charge on any atom is -0.389 e. The largest absolute Gasteiger partial charge is 0.389 e. The Bertz CT molecular complexity index is 420. The number of hydrogen-bond acceptors (Lipinski definition) is 5. The van der Waals surface area contributed by atoms with Crippen molar-refractivity contribution in [3.63, 3.8) is 0 Å². The van der Waals surface area contributed by atoms with Crippen LogP contribution in [0.25, 0.3) is 0 Å². The van der Waals surface area contributed by atoms with Crippen LogP contribution in [-0.4, -0.2) is 65.2 Å². The Hall–Kier alpha value is -1.08. The second kappa shape index (κ2) is 7.64. The third-order valence-corrected chi connectivity index (χ3v) is 4.15. The maximum atomic E-state index is 11.7. The van der Waals surface area contributed by atoms with Crippen LogP contribution in [0, 0.1) is 0 Å². The average Bonchev–Trinajstić information content (AvgIpc) is 2.74. The molecule has 6 heteroatoms. The number of carbonyl (C=O) groups excluding carboxylic acids is 1. The molecule has 1 amide bonds. The van der Waals surface area contributed by atoms with Crippen molar-refractivity contribution in [2.45, 2.75) is 17.1 Å². The van der Waals surface area contributed by atoms with Crippen LogP contribution in [0.15, 0.2) is 35.2 Å². The van der Waals surface area contributed by atoms with E-state index in [-0.39, 0.29) is 12.5 Å². The Morgan fingerprint density at radius 3 is 2.55 bits per heavy atom. The molecule has 1 fully saturated rings.